The smallest absolute Gasteiger partial charge is 0.306 e. The first kappa shape index (κ1) is 31.5. The number of ketones is 1. The van der Waals surface area contributed by atoms with E-state index in [4.69, 9.17) is 4.74 Å². The molecule has 0 bridgehead atoms. The number of amides is 1. The number of hydrogen-bond donors (Lipinski definition) is 2. The minimum Gasteiger partial charge on any atom is -0.481 e. The molecule has 0 saturated carbocycles. The topological polar surface area (TPSA) is 95.9 Å². The Labute approximate surface area is 239 Å². The Kier molecular flexibility index (Phi) is 13.3. The molecule has 3 rings (SSSR count). The molecule has 0 radical (unpaired) electrons. The molecule has 1 aliphatic heterocycles. The maximum atomic E-state index is 13.6. The van der Waals surface area contributed by atoms with Crippen LogP contribution in [0.15, 0.2) is 60.7 Å². The lowest BCUT2D eigenvalue weighted by molar-refractivity contribution is -0.142. The van der Waals surface area contributed by atoms with Gasteiger partial charge in [0.25, 0.3) is 0 Å². The number of carbonyl (C=O) groups excluding carboxylic acids is 2. The summed E-state index contributed by atoms with van der Waals surface area (Å²) < 4.78 is 5.40. The van der Waals surface area contributed by atoms with Crippen LogP contribution in [0.3, 0.4) is 0 Å². The van der Waals surface area contributed by atoms with Gasteiger partial charge in [-0.15, -0.1) is 0 Å². The summed E-state index contributed by atoms with van der Waals surface area (Å²) in [7, 11) is 0. The number of aliphatic carboxylic acids is 1. The molecule has 0 unspecified atom stereocenters. The summed E-state index contributed by atoms with van der Waals surface area (Å²) in [6, 6.07) is 19.6. The Balaban J connectivity index is 1.64. The van der Waals surface area contributed by atoms with Crippen molar-refractivity contribution in [2.75, 3.05) is 32.8 Å². The number of hydrogen-bond acceptors (Lipinski definition) is 5. The second-order valence-corrected chi connectivity index (χ2v) is 11.5. The van der Waals surface area contributed by atoms with Crippen LogP contribution in [0.4, 0.5) is 0 Å². The van der Waals surface area contributed by atoms with Crippen molar-refractivity contribution in [2.24, 2.45) is 17.8 Å². The van der Waals surface area contributed by atoms with E-state index in [1.165, 1.54) is 0 Å². The molecule has 1 heterocycles. The van der Waals surface area contributed by atoms with Crippen molar-refractivity contribution < 1.29 is 24.2 Å². The molecule has 2 N–H and O–H groups in total. The Bertz CT molecular complexity index is 1040. The molecule has 3 atom stereocenters. The monoisotopic (exact) mass is 550 g/mol. The van der Waals surface area contributed by atoms with Gasteiger partial charge in [-0.2, -0.15) is 0 Å². The predicted octanol–water partition coefficient (Wildman–Crippen LogP) is 4.78. The number of rotatable bonds is 17. The van der Waals surface area contributed by atoms with Gasteiger partial charge in [0.2, 0.25) is 5.91 Å². The van der Waals surface area contributed by atoms with Crippen molar-refractivity contribution >= 4 is 17.7 Å². The van der Waals surface area contributed by atoms with Crippen LogP contribution in [0.2, 0.25) is 0 Å². The van der Waals surface area contributed by atoms with Crippen molar-refractivity contribution in [1.29, 1.82) is 0 Å². The number of aryl methyl sites for hydroxylation is 1. The van der Waals surface area contributed by atoms with E-state index in [1.54, 1.807) is 0 Å². The number of benzene rings is 2. The average Bonchev–Trinajstić information content (AvgIpc) is 2.94. The molecule has 7 heteroatoms. The second-order valence-electron chi connectivity index (χ2n) is 11.5. The van der Waals surface area contributed by atoms with Gasteiger partial charge in [-0.1, -0.05) is 74.5 Å². The van der Waals surface area contributed by atoms with E-state index in [1.807, 2.05) is 60.7 Å². The van der Waals surface area contributed by atoms with Crippen molar-refractivity contribution in [3.63, 3.8) is 0 Å². The number of Topliss-reactive ketones (excluding diaryl/α,β-unsaturated/α-hetero) is 1. The molecule has 7 nitrogen and oxygen atoms in total. The molecule has 40 heavy (non-hydrogen) atoms. The number of carboxylic acid groups (broad SMARTS) is 1. The lowest BCUT2D eigenvalue weighted by Crippen LogP contribution is -2.43. The van der Waals surface area contributed by atoms with E-state index in [0.717, 1.165) is 37.1 Å². The summed E-state index contributed by atoms with van der Waals surface area (Å²) in [6.07, 6.45) is 3.80. The molecular weight excluding hydrogens is 504 g/mol. The minimum atomic E-state index is -0.812. The van der Waals surface area contributed by atoms with Crippen molar-refractivity contribution in [3.05, 3.63) is 71.8 Å². The highest BCUT2D eigenvalue weighted by Gasteiger charge is 2.27. The van der Waals surface area contributed by atoms with Gasteiger partial charge in [0.1, 0.15) is 5.78 Å². The van der Waals surface area contributed by atoms with E-state index in [9.17, 15) is 19.5 Å². The van der Waals surface area contributed by atoms with Gasteiger partial charge in [-0.25, -0.2) is 0 Å². The van der Waals surface area contributed by atoms with E-state index in [0.29, 0.717) is 51.4 Å². The quantitative estimate of drug-likeness (QED) is 0.294. The van der Waals surface area contributed by atoms with Crippen LogP contribution in [0, 0.1) is 17.8 Å². The average molecular weight is 551 g/mol. The third kappa shape index (κ3) is 11.6. The van der Waals surface area contributed by atoms with Crippen molar-refractivity contribution in [1.82, 2.24) is 10.2 Å². The van der Waals surface area contributed by atoms with E-state index < -0.39 is 17.8 Å². The summed E-state index contributed by atoms with van der Waals surface area (Å²) in [6.45, 7) is 7.28. The molecule has 1 fully saturated rings. The van der Waals surface area contributed by atoms with E-state index in [2.05, 4.69) is 24.1 Å². The lowest BCUT2D eigenvalue weighted by atomic mass is 9.89. The van der Waals surface area contributed by atoms with Crippen LogP contribution in [-0.4, -0.2) is 66.6 Å². The maximum absolute atomic E-state index is 13.6. The first-order chi connectivity index (χ1) is 19.3. The molecular formula is C33H46N2O5. The molecule has 0 aliphatic carbocycles. The molecule has 2 aromatic rings. The zero-order chi connectivity index (χ0) is 28.7. The normalized spacial score (nSPS) is 16.3. The summed E-state index contributed by atoms with van der Waals surface area (Å²) in [5, 5.41) is 13.1. The fourth-order valence-electron chi connectivity index (χ4n) is 5.41. The molecule has 2 aromatic carbocycles. The Morgan fingerprint density at radius 2 is 1.50 bits per heavy atom. The molecule has 1 aliphatic rings. The van der Waals surface area contributed by atoms with Crippen LogP contribution in [-0.2, 0) is 32.0 Å². The predicted molar refractivity (Wildman–Crippen MR) is 157 cm³/mol. The zero-order valence-electron chi connectivity index (χ0n) is 24.1. The number of carbonyl (C=O) groups is 3. The van der Waals surface area contributed by atoms with Gasteiger partial charge in [-0.05, 0) is 55.6 Å². The number of nitrogens with one attached hydrogen (secondary N) is 1. The van der Waals surface area contributed by atoms with Crippen LogP contribution >= 0.6 is 0 Å². The fourth-order valence-corrected chi connectivity index (χ4v) is 5.41. The molecule has 218 valence electrons. The Morgan fingerprint density at radius 1 is 0.875 bits per heavy atom. The standard InChI is InChI=1S/C33H46N2O5/c1-25(2)21-30(16-15-29(33(38)39)22-27-11-7-4-8-12-27)34-32(37)28(14-13-26-9-5-3-6-10-26)23-31(36)24-35-17-19-40-20-18-35/h3-12,25,28-30H,13-24H2,1-2H3,(H,34,37)(H,38,39)/t28-,29+,30-/m1/s1. The third-order valence-electron chi connectivity index (χ3n) is 7.61. The van der Waals surface area contributed by atoms with Gasteiger partial charge in [0.15, 0.2) is 0 Å². The summed E-state index contributed by atoms with van der Waals surface area (Å²) in [5.41, 5.74) is 2.14. The van der Waals surface area contributed by atoms with Crippen molar-refractivity contribution in [2.45, 2.75) is 64.8 Å². The first-order valence-electron chi connectivity index (χ1n) is 14.7. The Morgan fingerprint density at radius 3 is 2.10 bits per heavy atom. The largest absolute Gasteiger partial charge is 0.481 e. The number of morpholine rings is 1. The summed E-state index contributed by atoms with van der Waals surface area (Å²) >= 11 is 0. The third-order valence-corrected chi connectivity index (χ3v) is 7.61. The number of nitrogens with zero attached hydrogens (tertiary/aromatic N) is 1. The van der Waals surface area contributed by atoms with Crippen LogP contribution in [0.5, 0.6) is 0 Å². The minimum absolute atomic E-state index is 0.0734. The van der Waals surface area contributed by atoms with Gasteiger partial charge in [0.05, 0.1) is 25.7 Å². The van der Waals surface area contributed by atoms with Crippen LogP contribution < -0.4 is 5.32 Å². The SMILES string of the molecule is CC(C)C[C@@H](CC[C@@H](Cc1ccccc1)C(=O)O)NC(=O)[C@H](CCc1ccccc1)CC(=O)CN1CCOCC1. The molecule has 0 spiro atoms. The van der Waals surface area contributed by atoms with Gasteiger partial charge in [0, 0.05) is 31.5 Å². The lowest BCUT2D eigenvalue weighted by Gasteiger charge is -2.27. The highest BCUT2D eigenvalue weighted by atomic mass is 16.5. The maximum Gasteiger partial charge on any atom is 0.306 e. The number of ether oxygens (including phenoxy) is 1. The van der Waals surface area contributed by atoms with Crippen molar-refractivity contribution in [3.8, 4) is 0 Å². The highest BCUT2D eigenvalue weighted by Crippen LogP contribution is 2.21. The molecule has 1 saturated heterocycles. The number of carboxylic acids is 1. The van der Waals surface area contributed by atoms with Crippen LogP contribution in [0.1, 0.15) is 57.1 Å². The molecule has 0 aromatic heterocycles. The Hall–Kier alpha value is -3.03. The van der Waals surface area contributed by atoms with E-state index in [-0.39, 0.29) is 24.2 Å². The highest BCUT2D eigenvalue weighted by molar-refractivity contribution is 5.88. The van der Waals surface area contributed by atoms with E-state index >= 15 is 0 Å². The summed E-state index contributed by atoms with van der Waals surface area (Å²) in [4.78, 5) is 40.8. The van der Waals surface area contributed by atoms with Crippen LogP contribution in [0.25, 0.3) is 0 Å². The summed E-state index contributed by atoms with van der Waals surface area (Å²) in [5.74, 6) is -1.45. The van der Waals surface area contributed by atoms with Gasteiger partial charge >= 0.3 is 5.97 Å². The van der Waals surface area contributed by atoms with Gasteiger partial charge < -0.3 is 15.2 Å². The first-order valence-corrected chi connectivity index (χ1v) is 14.7. The zero-order valence-corrected chi connectivity index (χ0v) is 24.1. The van der Waals surface area contributed by atoms with Gasteiger partial charge in [-0.3, -0.25) is 19.3 Å². The fraction of sp³-hybridized carbons (Fsp3) is 0.545. The molecule has 1 amide bonds. The second kappa shape index (κ2) is 16.9.